The average molecular weight is 246 g/mol. The summed E-state index contributed by atoms with van der Waals surface area (Å²) >= 11 is 0. The molecule has 2 N–H and O–H groups in total. The first-order valence-electron chi connectivity index (χ1n) is 5.24. The molecule has 1 fully saturated rings. The maximum atomic E-state index is 11.4. The third-order valence-electron chi connectivity index (χ3n) is 2.32. The first kappa shape index (κ1) is 13.2. The van der Waals surface area contributed by atoms with Crippen LogP contribution in [0.1, 0.15) is 13.3 Å². The van der Waals surface area contributed by atoms with Gasteiger partial charge in [0.1, 0.15) is 0 Å². The van der Waals surface area contributed by atoms with E-state index in [1.807, 2.05) is 6.92 Å². The molecule has 1 amide bonds. The van der Waals surface area contributed by atoms with Crippen molar-refractivity contribution >= 4 is 15.7 Å². The highest BCUT2D eigenvalue weighted by Gasteiger charge is 2.25. The van der Waals surface area contributed by atoms with Gasteiger partial charge < -0.3 is 10.6 Å². The zero-order chi connectivity index (χ0) is 12.2. The zero-order valence-electron chi connectivity index (χ0n) is 9.45. The van der Waals surface area contributed by atoms with Crippen LogP contribution in [0.2, 0.25) is 0 Å². The summed E-state index contributed by atoms with van der Waals surface area (Å²) in [4.78, 5) is 11.4. The average Bonchev–Trinajstić information content (AvgIpc) is 2.13. The van der Waals surface area contributed by atoms with Crippen molar-refractivity contribution in [2.75, 3.05) is 24.6 Å². The van der Waals surface area contributed by atoms with Gasteiger partial charge in [0.05, 0.1) is 11.5 Å². The number of rotatable bonds is 4. The summed E-state index contributed by atoms with van der Waals surface area (Å²) in [6.07, 6.45) is 0.201. The normalized spacial score (nSPS) is 23.7. The SMILES string of the molecule is C=C(C)CNC(=O)CC1CS(=O)(=O)CCN1. The van der Waals surface area contributed by atoms with Crippen LogP contribution in [0, 0.1) is 0 Å². The van der Waals surface area contributed by atoms with E-state index in [0.717, 1.165) is 5.57 Å². The molecule has 0 aromatic carbocycles. The summed E-state index contributed by atoms with van der Waals surface area (Å²) in [7, 11) is -2.97. The highest BCUT2D eigenvalue weighted by atomic mass is 32.2. The Hall–Kier alpha value is -0.880. The molecule has 0 saturated carbocycles. The number of nitrogens with one attached hydrogen (secondary N) is 2. The fourth-order valence-electron chi connectivity index (χ4n) is 1.54. The van der Waals surface area contributed by atoms with Gasteiger partial charge in [0.2, 0.25) is 5.91 Å². The molecule has 5 nitrogen and oxygen atoms in total. The number of hydrogen-bond acceptors (Lipinski definition) is 4. The second-order valence-corrected chi connectivity index (χ2v) is 6.43. The van der Waals surface area contributed by atoms with Crippen molar-refractivity contribution in [3.8, 4) is 0 Å². The fraction of sp³-hybridized carbons (Fsp3) is 0.700. The lowest BCUT2D eigenvalue weighted by molar-refractivity contribution is -0.121. The van der Waals surface area contributed by atoms with Crippen molar-refractivity contribution < 1.29 is 13.2 Å². The van der Waals surface area contributed by atoms with Gasteiger partial charge in [-0.1, -0.05) is 12.2 Å². The molecule has 1 heterocycles. The minimum atomic E-state index is -2.97. The Balaban J connectivity index is 2.36. The van der Waals surface area contributed by atoms with Gasteiger partial charge in [0, 0.05) is 25.6 Å². The van der Waals surface area contributed by atoms with Crippen LogP contribution in [0.3, 0.4) is 0 Å². The van der Waals surface area contributed by atoms with E-state index in [0.29, 0.717) is 13.1 Å². The van der Waals surface area contributed by atoms with E-state index >= 15 is 0 Å². The standard InChI is InChI=1S/C10H18N2O3S/c1-8(2)6-12-10(13)5-9-7-16(14,15)4-3-11-9/h9,11H,1,3-7H2,2H3,(H,12,13). The van der Waals surface area contributed by atoms with Gasteiger partial charge in [-0.3, -0.25) is 4.79 Å². The second kappa shape index (κ2) is 5.45. The highest BCUT2D eigenvalue weighted by molar-refractivity contribution is 7.91. The molecule has 1 aliphatic heterocycles. The summed E-state index contributed by atoms with van der Waals surface area (Å²) in [5, 5.41) is 5.71. The first-order valence-corrected chi connectivity index (χ1v) is 7.06. The number of carbonyl (C=O) groups excluding carboxylic acids is 1. The lowest BCUT2D eigenvalue weighted by atomic mass is 10.2. The van der Waals surface area contributed by atoms with Crippen LogP contribution in [0.25, 0.3) is 0 Å². The molecule has 1 unspecified atom stereocenters. The molecule has 0 aliphatic carbocycles. The van der Waals surface area contributed by atoms with Crippen molar-refractivity contribution in [2.24, 2.45) is 0 Å². The van der Waals surface area contributed by atoms with Crippen molar-refractivity contribution in [3.05, 3.63) is 12.2 Å². The summed E-state index contributed by atoms with van der Waals surface area (Å²) in [5.41, 5.74) is 0.873. The smallest absolute Gasteiger partial charge is 0.221 e. The molecule has 1 saturated heterocycles. The van der Waals surface area contributed by atoms with E-state index in [2.05, 4.69) is 17.2 Å². The van der Waals surface area contributed by atoms with E-state index in [-0.39, 0.29) is 29.9 Å². The minimum absolute atomic E-state index is 0.0491. The molecular formula is C10H18N2O3S. The molecule has 0 radical (unpaired) electrons. The summed E-state index contributed by atoms with van der Waals surface area (Å²) < 4.78 is 22.6. The quantitative estimate of drug-likeness (QED) is 0.653. The molecule has 1 aliphatic rings. The van der Waals surface area contributed by atoms with Gasteiger partial charge >= 0.3 is 0 Å². The zero-order valence-corrected chi connectivity index (χ0v) is 10.3. The van der Waals surface area contributed by atoms with Crippen LogP contribution in [0.5, 0.6) is 0 Å². The van der Waals surface area contributed by atoms with Crippen LogP contribution in [-0.2, 0) is 14.6 Å². The topological polar surface area (TPSA) is 75.3 Å². The third kappa shape index (κ3) is 4.76. The van der Waals surface area contributed by atoms with Crippen LogP contribution >= 0.6 is 0 Å². The Bertz CT molecular complexity index is 376. The second-order valence-electron chi connectivity index (χ2n) is 4.20. The van der Waals surface area contributed by atoms with E-state index in [4.69, 9.17) is 0 Å². The van der Waals surface area contributed by atoms with Crippen LogP contribution in [-0.4, -0.2) is 45.0 Å². The molecule has 1 rings (SSSR count). The minimum Gasteiger partial charge on any atom is -0.352 e. The predicted octanol–water partition coefficient (Wildman–Crippen LogP) is -0.545. The van der Waals surface area contributed by atoms with E-state index in [9.17, 15) is 13.2 Å². The van der Waals surface area contributed by atoms with Crippen molar-refractivity contribution in [1.82, 2.24) is 10.6 Å². The van der Waals surface area contributed by atoms with Gasteiger partial charge in [-0.2, -0.15) is 0 Å². The molecule has 0 bridgehead atoms. The fourth-order valence-corrected chi connectivity index (χ4v) is 2.99. The Morgan fingerprint density at radius 3 is 2.81 bits per heavy atom. The highest BCUT2D eigenvalue weighted by Crippen LogP contribution is 2.04. The monoisotopic (exact) mass is 246 g/mol. The molecule has 0 aromatic heterocycles. The molecule has 92 valence electrons. The number of hydrogen-bond donors (Lipinski definition) is 2. The molecular weight excluding hydrogens is 228 g/mol. The van der Waals surface area contributed by atoms with Gasteiger partial charge in [0.15, 0.2) is 9.84 Å². The van der Waals surface area contributed by atoms with Crippen LogP contribution < -0.4 is 10.6 Å². The number of sulfone groups is 1. The van der Waals surface area contributed by atoms with Crippen molar-refractivity contribution in [1.29, 1.82) is 0 Å². The summed E-state index contributed by atoms with van der Waals surface area (Å²) in [6.45, 7) is 6.37. The van der Waals surface area contributed by atoms with E-state index in [1.54, 1.807) is 0 Å². The lowest BCUT2D eigenvalue weighted by Gasteiger charge is -2.23. The van der Waals surface area contributed by atoms with Crippen molar-refractivity contribution in [2.45, 2.75) is 19.4 Å². The Kier molecular flexibility index (Phi) is 4.49. The predicted molar refractivity (Wildman–Crippen MR) is 62.9 cm³/mol. The summed E-state index contributed by atoms with van der Waals surface area (Å²) in [5.74, 6) is 0.0716. The Morgan fingerprint density at radius 2 is 2.25 bits per heavy atom. The van der Waals surface area contributed by atoms with Gasteiger partial charge in [-0.05, 0) is 6.92 Å². The maximum absolute atomic E-state index is 11.4. The van der Waals surface area contributed by atoms with E-state index < -0.39 is 9.84 Å². The van der Waals surface area contributed by atoms with Gasteiger partial charge in [0.25, 0.3) is 0 Å². The lowest BCUT2D eigenvalue weighted by Crippen LogP contribution is -2.47. The van der Waals surface area contributed by atoms with Crippen LogP contribution in [0.15, 0.2) is 12.2 Å². The Morgan fingerprint density at radius 1 is 1.56 bits per heavy atom. The Labute approximate surface area is 96.2 Å². The maximum Gasteiger partial charge on any atom is 0.221 e. The number of amides is 1. The molecule has 0 spiro atoms. The van der Waals surface area contributed by atoms with Crippen LogP contribution in [0.4, 0.5) is 0 Å². The largest absolute Gasteiger partial charge is 0.352 e. The van der Waals surface area contributed by atoms with Gasteiger partial charge in [-0.25, -0.2) is 8.42 Å². The third-order valence-corrected chi connectivity index (χ3v) is 4.06. The molecule has 1 atom stereocenters. The molecule has 16 heavy (non-hydrogen) atoms. The van der Waals surface area contributed by atoms with E-state index in [1.165, 1.54) is 0 Å². The molecule has 0 aromatic rings. The molecule has 6 heteroatoms. The van der Waals surface area contributed by atoms with Gasteiger partial charge in [-0.15, -0.1) is 0 Å². The summed E-state index contributed by atoms with van der Waals surface area (Å²) in [6, 6.07) is -0.260. The first-order chi connectivity index (χ1) is 7.39. The number of carbonyl (C=O) groups is 1. The van der Waals surface area contributed by atoms with Crippen molar-refractivity contribution in [3.63, 3.8) is 0 Å².